The minimum atomic E-state index is -0.106. The summed E-state index contributed by atoms with van der Waals surface area (Å²) in [7, 11) is 1.45. The molecule has 0 heterocycles. The fourth-order valence-corrected chi connectivity index (χ4v) is 2.13. The molecule has 1 aliphatic carbocycles. The zero-order valence-corrected chi connectivity index (χ0v) is 11.0. The molecule has 0 aromatic heterocycles. The molecule has 3 heteroatoms. The molecule has 2 unspecified atom stereocenters. The summed E-state index contributed by atoms with van der Waals surface area (Å²) in [6, 6.07) is 0.387. The number of hydrogen-bond acceptors (Lipinski definition) is 3. The maximum absolute atomic E-state index is 11.3. The fourth-order valence-electron chi connectivity index (χ4n) is 2.13. The van der Waals surface area contributed by atoms with Gasteiger partial charge in [-0.2, -0.15) is 0 Å². The summed E-state index contributed by atoms with van der Waals surface area (Å²) in [6.45, 7) is 7.43. The first-order valence-electron chi connectivity index (χ1n) is 6.34. The monoisotopic (exact) mass is 227 g/mol. The summed E-state index contributed by atoms with van der Waals surface area (Å²) in [4.78, 5) is 11.3. The summed E-state index contributed by atoms with van der Waals surface area (Å²) in [5.74, 6) is -0.116. The van der Waals surface area contributed by atoms with Crippen LogP contribution < -0.4 is 5.32 Å². The van der Waals surface area contributed by atoms with E-state index in [4.69, 9.17) is 4.74 Å². The average molecular weight is 227 g/mol. The first kappa shape index (κ1) is 13.5. The second kappa shape index (κ2) is 5.67. The van der Waals surface area contributed by atoms with E-state index in [0.717, 1.165) is 13.0 Å². The molecule has 1 saturated carbocycles. The molecule has 1 aliphatic rings. The van der Waals surface area contributed by atoms with Gasteiger partial charge in [-0.15, -0.1) is 0 Å². The average Bonchev–Trinajstić information content (AvgIpc) is 3.06. The zero-order valence-electron chi connectivity index (χ0n) is 11.0. The Morgan fingerprint density at radius 2 is 2.06 bits per heavy atom. The van der Waals surface area contributed by atoms with Gasteiger partial charge in [0, 0.05) is 12.6 Å². The lowest BCUT2D eigenvalue weighted by Crippen LogP contribution is -2.34. The van der Waals surface area contributed by atoms with E-state index in [2.05, 4.69) is 19.2 Å². The number of ether oxygens (including phenoxy) is 1. The van der Waals surface area contributed by atoms with Gasteiger partial charge in [0.1, 0.15) is 0 Å². The van der Waals surface area contributed by atoms with Crippen LogP contribution in [0.15, 0.2) is 0 Å². The van der Waals surface area contributed by atoms with Crippen LogP contribution >= 0.6 is 0 Å². The van der Waals surface area contributed by atoms with Crippen LogP contribution in [-0.4, -0.2) is 25.7 Å². The second-order valence-corrected chi connectivity index (χ2v) is 5.30. The number of nitrogens with one attached hydrogen (secondary N) is 1. The Labute approximate surface area is 98.9 Å². The quantitative estimate of drug-likeness (QED) is 0.678. The molecule has 16 heavy (non-hydrogen) atoms. The third-order valence-corrected chi connectivity index (χ3v) is 3.84. The van der Waals surface area contributed by atoms with Crippen molar-refractivity contribution in [3.8, 4) is 0 Å². The molecule has 1 rings (SSSR count). The van der Waals surface area contributed by atoms with Crippen LogP contribution in [0.5, 0.6) is 0 Å². The Hall–Kier alpha value is -0.570. The van der Waals surface area contributed by atoms with Crippen molar-refractivity contribution in [1.82, 2.24) is 5.32 Å². The van der Waals surface area contributed by atoms with Gasteiger partial charge in [-0.25, -0.2) is 0 Å². The topological polar surface area (TPSA) is 38.3 Å². The normalized spacial score (nSPS) is 21.2. The Morgan fingerprint density at radius 1 is 1.44 bits per heavy atom. The van der Waals surface area contributed by atoms with Gasteiger partial charge in [-0.05, 0) is 38.0 Å². The van der Waals surface area contributed by atoms with Gasteiger partial charge >= 0.3 is 5.97 Å². The molecule has 2 atom stereocenters. The second-order valence-electron chi connectivity index (χ2n) is 5.30. The number of rotatable bonds is 7. The molecular weight excluding hydrogens is 202 g/mol. The summed E-state index contributed by atoms with van der Waals surface area (Å²) in [5, 5.41) is 3.54. The Kier molecular flexibility index (Phi) is 4.78. The Balaban J connectivity index is 2.20. The third-order valence-electron chi connectivity index (χ3n) is 3.84. The van der Waals surface area contributed by atoms with Gasteiger partial charge in [0.2, 0.25) is 0 Å². The molecule has 1 fully saturated rings. The highest BCUT2D eigenvalue weighted by Crippen LogP contribution is 2.47. The molecule has 3 nitrogen and oxygen atoms in total. The number of carbonyl (C=O) groups excluding carboxylic acids is 1. The van der Waals surface area contributed by atoms with Crippen LogP contribution in [-0.2, 0) is 9.53 Å². The summed E-state index contributed by atoms with van der Waals surface area (Å²) in [5.41, 5.74) is 0.572. The van der Waals surface area contributed by atoms with Crippen molar-refractivity contribution < 1.29 is 9.53 Å². The van der Waals surface area contributed by atoms with Crippen molar-refractivity contribution in [1.29, 1.82) is 0 Å². The summed E-state index contributed by atoms with van der Waals surface area (Å²) in [6.07, 6.45) is 4.83. The van der Waals surface area contributed by atoms with Gasteiger partial charge in [0.25, 0.3) is 0 Å². The van der Waals surface area contributed by atoms with E-state index in [-0.39, 0.29) is 11.9 Å². The number of carbonyl (C=O) groups is 1. The van der Waals surface area contributed by atoms with Crippen molar-refractivity contribution in [2.75, 3.05) is 13.7 Å². The van der Waals surface area contributed by atoms with Crippen LogP contribution in [0.2, 0.25) is 0 Å². The number of esters is 1. The standard InChI is InChI=1S/C13H25NO2/c1-5-13(6-7-13)9-14-11(3)8-10(2)12(15)16-4/h10-11,14H,5-9H2,1-4H3. The molecule has 0 saturated heterocycles. The first-order chi connectivity index (χ1) is 7.53. The Bertz CT molecular complexity index is 236. The highest BCUT2D eigenvalue weighted by molar-refractivity contribution is 5.71. The maximum Gasteiger partial charge on any atom is 0.308 e. The van der Waals surface area contributed by atoms with E-state index in [1.165, 1.54) is 26.4 Å². The smallest absolute Gasteiger partial charge is 0.308 e. The first-order valence-corrected chi connectivity index (χ1v) is 6.34. The van der Waals surface area contributed by atoms with E-state index in [0.29, 0.717) is 11.5 Å². The van der Waals surface area contributed by atoms with Crippen molar-refractivity contribution in [3.63, 3.8) is 0 Å². The molecule has 0 radical (unpaired) electrons. The predicted octanol–water partition coefficient (Wildman–Crippen LogP) is 2.35. The SMILES string of the molecule is CCC1(CNC(C)CC(C)C(=O)OC)CC1. The predicted molar refractivity (Wildman–Crippen MR) is 65.2 cm³/mol. The molecular formula is C13H25NO2. The summed E-state index contributed by atoms with van der Waals surface area (Å²) < 4.78 is 4.73. The Morgan fingerprint density at radius 3 is 2.50 bits per heavy atom. The van der Waals surface area contributed by atoms with E-state index in [1.54, 1.807) is 0 Å². The van der Waals surface area contributed by atoms with Gasteiger partial charge < -0.3 is 10.1 Å². The third kappa shape index (κ3) is 3.78. The van der Waals surface area contributed by atoms with Crippen LogP contribution in [0.4, 0.5) is 0 Å². The van der Waals surface area contributed by atoms with Gasteiger partial charge in [0.05, 0.1) is 13.0 Å². The lowest BCUT2D eigenvalue weighted by molar-refractivity contribution is -0.145. The minimum Gasteiger partial charge on any atom is -0.469 e. The number of methoxy groups -OCH3 is 1. The van der Waals surface area contributed by atoms with Crippen LogP contribution in [0.25, 0.3) is 0 Å². The van der Waals surface area contributed by atoms with Crippen molar-refractivity contribution in [2.45, 2.75) is 52.5 Å². The van der Waals surface area contributed by atoms with Gasteiger partial charge in [0.15, 0.2) is 0 Å². The molecule has 0 spiro atoms. The molecule has 0 amide bonds. The highest BCUT2D eigenvalue weighted by Gasteiger charge is 2.40. The lowest BCUT2D eigenvalue weighted by atomic mass is 10.0. The zero-order chi connectivity index (χ0) is 12.2. The van der Waals surface area contributed by atoms with Gasteiger partial charge in [-0.3, -0.25) is 4.79 Å². The van der Waals surface area contributed by atoms with Crippen molar-refractivity contribution >= 4 is 5.97 Å². The van der Waals surface area contributed by atoms with Crippen LogP contribution in [0.1, 0.15) is 46.5 Å². The molecule has 0 bridgehead atoms. The molecule has 0 aromatic rings. The van der Waals surface area contributed by atoms with Gasteiger partial charge in [-0.1, -0.05) is 13.8 Å². The molecule has 0 aromatic carbocycles. The van der Waals surface area contributed by atoms with E-state index >= 15 is 0 Å². The maximum atomic E-state index is 11.3. The summed E-state index contributed by atoms with van der Waals surface area (Å²) >= 11 is 0. The van der Waals surface area contributed by atoms with Crippen molar-refractivity contribution in [3.05, 3.63) is 0 Å². The van der Waals surface area contributed by atoms with Crippen molar-refractivity contribution in [2.24, 2.45) is 11.3 Å². The van der Waals surface area contributed by atoms with E-state index in [9.17, 15) is 4.79 Å². The van der Waals surface area contributed by atoms with Crippen LogP contribution in [0, 0.1) is 11.3 Å². The largest absolute Gasteiger partial charge is 0.469 e. The highest BCUT2D eigenvalue weighted by atomic mass is 16.5. The molecule has 1 N–H and O–H groups in total. The van der Waals surface area contributed by atoms with Crippen LogP contribution in [0.3, 0.4) is 0 Å². The molecule has 94 valence electrons. The van der Waals surface area contributed by atoms with E-state index < -0.39 is 0 Å². The number of hydrogen-bond donors (Lipinski definition) is 1. The van der Waals surface area contributed by atoms with E-state index in [1.807, 2.05) is 6.92 Å². The fraction of sp³-hybridized carbons (Fsp3) is 0.923. The minimum absolute atomic E-state index is 0.00993. The lowest BCUT2D eigenvalue weighted by Gasteiger charge is -2.20. The molecule has 0 aliphatic heterocycles.